The minimum Gasteiger partial charge on any atom is -0.347 e. The zero-order chi connectivity index (χ0) is 18.9. The Morgan fingerprint density at radius 1 is 1.07 bits per heavy atom. The van der Waals surface area contributed by atoms with E-state index in [1.54, 1.807) is 6.20 Å². The third kappa shape index (κ3) is 3.15. The highest BCUT2D eigenvalue weighted by molar-refractivity contribution is 5.97. The fraction of sp³-hybridized carbons (Fsp3) is 0.238. The number of H-pyrrole nitrogens is 1. The van der Waals surface area contributed by atoms with Gasteiger partial charge in [0.1, 0.15) is 5.82 Å². The first-order valence-corrected chi connectivity index (χ1v) is 9.54. The number of para-hydroxylation sites is 1. The van der Waals surface area contributed by atoms with Crippen LogP contribution in [-0.2, 0) is 0 Å². The SMILES string of the molecule is O=C(NC1CCCC1)c1nc(Nc2ccc3[nH]ncc3c2)c2ccccc2n1. The van der Waals surface area contributed by atoms with Gasteiger partial charge < -0.3 is 10.6 Å². The summed E-state index contributed by atoms with van der Waals surface area (Å²) in [6.07, 6.45) is 6.14. The Balaban J connectivity index is 1.51. The van der Waals surface area contributed by atoms with Gasteiger partial charge in [-0.15, -0.1) is 0 Å². The van der Waals surface area contributed by atoms with Crippen LogP contribution in [0.5, 0.6) is 0 Å². The summed E-state index contributed by atoms with van der Waals surface area (Å²) in [4.78, 5) is 21.7. The van der Waals surface area contributed by atoms with Crippen molar-refractivity contribution in [2.75, 3.05) is 5.32 Å². The summed E-state index contributed by atoms with van der Waals surface area (Å²) in [6, 6.07) is 13.8. The molecule has 0 bridgehead atoms. The number of benzene rings is 2. The van der Waals surface area contributed by atoms with E-state index in [1.807, 2.05) is 42.5 Å². The van der Waals surface area contributed by atoms with Crippen molar-refractivity contribution in [2.24, 2.45) is 0 Å². The Morgan fingerprint density at radius 2 is 1.93 bits per heavy atom. The normalized spacial score (nSPS) is 14.6. The number of aromatic nitrogens is 4. The number of nitrogens with zero attached hydrogens (tertiary/aromatic N) is 3. The minimum atomic E-state index is -0.217. The molecule has 0 unspecified atom stereocenters. The number of carbonyl (C=O) groups is 1. The molecular formula is C21H20N6O. The van der Waals surface area contributed by atoms with E-state index < -0.39 is 0 Å². The Morgan fingerprint density at radius 3 is 2.82 bits per heavy atom. The number of fused-ring (bicyclic) bond motifs is 2. The van der Waals surface area contributed by atoms with Crippen molar-refractivity contribution in [3.63, 3.8) is 0 Å². The Kier molecular flexibility index (Phi) is 4.12. The summed E-state index contributed by atoms with van der Waals surface area (Å²) in [6.45, 7) is 0. The van der Waals surface area contributed by atoms with Gasteiger partial charge in [-0.1, -0.05) is 25.0 Å². The van der Waals surface area contributed by atoms with Gasteiger partial charge in [-0.05, 0) is 43.2 Å². The molecule has 5 rings (SSSR count). The summed E-state index contributed by atoms with van der Waals surface area (Å²) in [5, 5.41) is 15.3. The highest BCUT2D eigenvalue weighted by Gasteiger charge is 2.20. The molecule has 0 aliphatic heterocycles. The summed E-state index contributed by atoms with van der Waals surface area (Å²) in [5.41, 5.74) is 2.58. The monoisotopic (exact) mass is 372 g/mol. The van der Waals surface area contributed by atoms with Crippen LogP contribution in [0.3, 0.4) is 0 Å². The van der Waals surface area contributed by atoms with Crippen molar-refractivity contribution in [3.05, 3.63) is 54.5 Å². The number of aromatic amines is 1. The van der Waals surface area contributed by atoms with Crippen LogP contribution in [0.15, 0.2) is 48.7 Å². The largest absolute Gasteiger partial charge is 0.347 e. The smallest absolute Gasteiger partial charge is 0.289 e. The van der Waals surface area contributed by atoms with E-state index in [0.717, 1.165) is 53.2 Å². The molecule has 7 heteroatoms. The van der Waals surface area contributed by atoms with Crippen LogP contribution in [0.2, 0.25) is 0 Å². The average molecular weight is 372 g/mol. The van der Waals surface area contributed by atoms with Crippen molar-refractivity contribution in [1.29, 1.82) is 0 Å². The average Bonchev–Trinajstić information content (AvgIpc) is 3.39. The quantitative estimate of drug-likeness (QED) is 0.505. The number of hydrogen-bond donors (Lipinski definition) is 3. The van der Waals surface area contributed by atoms with Crippen molar-refractivity contribution in [1.82, 2.24) is 25.5 Å². The van der Waals surface area contributed by atoms with Crippen molar-refractivity contribution < 1.29 is 4.79 Å². The standard InChI is InChI=1S/C21H20N6O/c28-21(24-14-5-1-2-6-14)20-25-18-8-4-3-7-16(18)19(26-20)23-15-9-10-17-13(11-15)12-22-27-17/h3-4,7-12,14H,1-2,5-6H2,(H,22,27)(H,24,28)(H,23,25,26). The van der Waals surface area contributed by atoms with Crippen LogP contribution in [0.1, 0.15) is 36.3 Å². The molecular weight excluding hydrogens is 352 g/mol. The van der Waals surface area contributed by atoms with Gasteiger partial charge in [-0.25, -0.2) is 9.97 Å². The van der Waals surface area contributed by atoms with Crippen LogP contribution in [0, 0.1) is 0 Å². The molecule has 3 N–H and O–H groups in total. The van der Waals surface area contributed by atoms with Crippen LogP contribution >= 0.6 is 0 Å². The van der Waals surface area contributed by atoms with Gasteiger partial charge in [0, 0.05) is 22.5 Å². The second kappa shape index (κ2) is 6.92. The number of rotatable bonds is 4. The molecule has 4 aromatic rings. The molecule has 1 aliphatic rings. The number of hydrogen-bond acceptors (Lipinski definition) is 5. The summed E-state index contributed by atoms with van der Waals surface area (Å²) in [5.74, 6) is 0.591. The maximum atomic E-state index is 12.7. The number of anilines is 2. The molecule has 1 fully saturated rings. The van der Waals surface area contributed by atoms with Crippen molar-refractivity contribution >= 4 is 39.2 Å². The zero-order valence-corrected chi connectivity index (χ0v) is 15.3. The Bertz CT molecular complexity index is 1160. The predicted molar refractivity (Wildman–Crippen MR) is 109 cm³/mol. The first-order chi connectivity index (χ1) is 13.8. The molecule has 1 saturated carbocycles. The molecule has 0 atom stereocenters. The van der Waals surface area contributed by atoms with E-state index in [9.17, 15) is 4.79 Å². The van der Waals surface area contributed by atoms with E-state index in [2.05, 4.69) is 30.8 Å². The van der Waals surface area contributed by atoms with Crippen molar-refractivity contribution in [2.45, 2.75) is 31.7 Å². The molecule has 1 amide bonds. The minimum absolute atomic E-state index is 0.192. The molecule has 1 aliphatic carbocycles. The first kappa shape index (κ1) is 16.7. The van der Waals surface area contributed by atoms with Gasteiger partial charge >= 0.3 is 0 Å². The van der Waals surface area contributed by atoms with E-state index in [4.69, 9.17) is 0 Å². The van der Waals surface area contributed by atoms with Gasteiger partial charge in [0.15, 0.2) is 0 Å². The lowest BCUT2D eigenvalue weighted by atomic mass is 10.2. The second-order valence-electron chi connectivity index (χ2n) is 7.16. The molecule has 7 nitrogen and oxygen atoms in total. The van der Waals surface area contributed by atoms with Crippen molar-refractivity contribution in [3.8, 4) is 0 Å². The van der Waals surface area contributed by atoms with Gasteiger partial charge in [-0.2, -0.15) is 5.10 Å². The summed E-state index contributed by atoms with van der Waals surface area (Å²) >= 11 is 0. The molecule has 2 aromatic carbocycles. The van der Waals surface area contributed by atoms with Gasteiger partial charge in [0.25, 0.3) is 5.91 Å². The van der Waals surface area contributed by atoms with Gasteiger partial charge in [0.2, 0.25) is 5.82 Å². The number of amides is 1. The Labute approximate surface area is 161 Å². The second-order valence-corrected chi connectivity index (χ2v) is 7.16. The lowest BCUT2D eigenvalue weighted by Gasteiger charge is -2.13. The number of carbonyl (C=O) groups excluding carboxylic acids is 1. The molecule has 28 heavy (non-hydrogen) atoms. The highest BCUT2D eigenvalue weighted by Crippen LogP contribution is 2.26. The fourth-order valence-electron chi connectivity index (χ4n) is 3.75. The maximum absolute atomic E-state index is 12.7. The van der Waals surface area contributed by atoms with E-state index in [-0.39, 0.29) is 17.8 Å². The third-order valence-electron chi connectivity index (χ3n) is 5.20. The molecule has 0 saturated heterocycles. The van der Waals surface area contributed by atoms with Crippen LogP contribution in [-0.4, -0.2) is 32.1 Å². The number of nitrogens with one attached hydrogen (secondary N) is 3. The summed E-state index contributed by atoms with van der Waals surface area (Å²) < 4.78 is 0. The Hall–Kier alpha value is -3.48. The zero-order valence-electron chi connectivity index (χ0n) is 15.3. The lowest BCUT2D eigenvalue weighted by molar-refractivity contribution is 0.0928. The first-order valence-electron chi connectivity index (χ1n) is 9.54. The molecule has 0 radical (unpaired) electrons. The predicted octanol–water partition coefficient (Wildman–Crippen LogP) is 3.92. The van der Waals surface area contributed by atoms with Gasteiger partial charge in [-0.3, -0.25) is 9.89 Å². The van der Waals surface area contributed by atoms with Crippen LogP contribution < -0.4 is 10.6 Å². The molecule has 2 aromatic heterocycles. The van der Waals surface area contributed by atoms with E-state index in [0.29, 0.717) is 5.82 Å². The van der Waals surface area contributed by atoms with Crippen LogP contribution in [0.4, 0.5) is 11.5 Å². The molecule has 140 valence electrons. The highest BCUT2D eigenvalue weighted by atomic mass is 16.2. The molecule has 2 heterocycles. The van der Waals surface area contributed by atoms with E-state index >= 15 is 0 Å². The third-order valence-corrected chi connectivity index (χ3v) is 5.20. The maximum Gasteiger partial charge on any atom is 0.289 e. The molecule has 0 spiro atoms. The topological polar surface area (TPSA) is 95.6 Å². The summed E-state index contributed by atoms with van der Waals surface area (Å²) in [7, 11) is 0. The van der Waals surface area contributed by atoms with Gasteiger partial charge in [0.05, 0.1) is 17.2 Å². The lowest BCUT2D eigenvalue weighted by Crippen LogP contribution is -2.33. The fourth-order valence-corrected chi connectivity index (χ4v) is 3.75. The van der Waals surface area contributed by atoms with E-state index in [1.165, 1.54) is 0 Å². The van der Waals surface area contributed by atoms with Crippen LogP contribution in [0.25, 0.3) is 21.8 Å².